The molecule has 0 unspecified atom stereocenters. The molecular formula is C8H7NO3. The van der Waals surface area contributed by atoms with E-state index >= 15 is 0 Å². The van der Waals surface area contributed by atoms with Crippen LogP contribution in [0.5, 0.6) is 17.2 Å². The minimum absolute atomic E-state index is 0.0945. The van der Waals surface area contributed by atoms with Crippen molar-refractivity contribution in [2.24, 2.45) is 0 Å². The van der Waals surface area contributed by atoms with E-state index in [1.54, 1.807) is 6.07 Å². The molecule has 0 heterocycles. The monoisotopic (exact) mass is 165 g/mol. The Labute approximate surface area is 69.3 Å². The topological polar surface area (TPSA) is 73.5 Å². The number of nitrogens with zero attached hydrogens (tertiary/aromatic N) is 1. The van der Waals surface area contributed by atoms with Gasteiger partial charge >= 0.3 is 0 Å². The molecular weight excluding hydrogens is 158 g/mol. The molecule has 0 amide bonds. The van der Waals surface area contributed by atoms with Crippen molar-refractivity contribution in [1.29, 1.82) is 5.26 Å². The van der Waals surface area contributed by atoms with E-state index in [0.717, 1.165) is 0 Å². The van der Waals surface area contributed by atoms with Gasteiger partial charge in [0.2, 0.25) is 0 Å². The van der Waals surface area contributed by atoms with Crippen molar-refractivity contribution in [2.75, 3.05) is 6.61 Å². The molecule has 0 bridgehead atoms. The molecule has 0 atom stereocenters. The van der Waals surface area contributed by atoms with Crippen LogP contribution in [0.3, 0.4) is 0 Å². The first-order valence-electron chi connectivity index (χ1n) is 3.25. The first kappa shape index (κ1) is 8.21. The Morgan fingerprint density at radius 3 is 2.33 bits per heavy atom. The second-order valence-corrected chi connectivity index (χ2v) is 2.13. The first-order valence-corrected chi connectivity index (χ1v) is 3.25. The Kier molecular flexibility index (Phi) is 2.38. The lowest BCUT2D eigenvalue weighted by molar-refractivity contribution is 0.360. The number of phenolic OH excluding ortho intramolecular Hbond substituents is 2. The summed E-state index contributed by atoms with van der Waals surface area (Å²) in [6.45, 7) is -0.108. The minimum atomic E-state index is -0.108. The summed E-state index contributed by atoms with van der Waals surface area (Å²) < 4.78 is 4.84. The molecule has 1 rings (SSSR count). The maximum Gasteiger partial charge on any atom is 0.174 e. The van der Waals surface area contributed by atoms with Gasteiger partial charge in [0.15, 0.2) is 6.61 Å². The van der Waals surface area contributed by atoms with Gasteiger partial charge in [-0.25, -0.2) is 0 Å². The summed E-state index contributed by atoms with van der Waals surface area (Å²) in [6.07, 6.45) is 0. The quantitative estimate of drug-likeness (QED) is 0.685. The van der Waals surface area contributed by atoms with Crippen LogP contribution >= 0.6 is 0 Å². The van der Waals surface area contributed by atoms with Crippen LogP contribution in [0.2, 0.25) is 0 Å². The van der Waals surface area contributed by atoms with E-state index in [4.69, 9.17) is 20.2 Å². The molecule has 2 N–H and O–H groups in total. The van der Waals surface area contributed by atoms with Crippen LogP contribution < -0.4 is 4.74 Å². The van der Waals surface area contributed by atoms with Crippen LogP contribution in [-0.2, 0) is 0 Å². The fourth-order valence-corrected chi connectivity index (χ4v) is 0.767. The summed E-state index contributed by atoms with van der Waals surface area (Å²) in [5.74, 6) is 0.0833. The fourth-order valence-electron chi connectivity index (χ4n) is 0.767. The predicted octanol–water partition coefficient (Wildman–Crippen LogP) is 1.00. The zero-order valence-corrected chi connectivity index (χ0v) is 6.19. The highest BCUT2D eigenvalue weighted by molar-refractivity contribution is 5.40. The number of aromatic hydroxyl groups is 2. The van der Waals surface area contributed by atoms with Crippen molar-refractivity contribution in [1.82, 2.24) is 0 Å². The van der Waals surface area contributed by atoms with Gasteiger partial charge in [0.1, 0.15) is 23.3 Å². The molecule has 4 heteroatoms. The van der Waals surface area contributed by atoms with Crippen molar-refractivity contribution in [3.05, 3.63) is 18.2 Å². The minimum Gasteiger partial charge on any atom is -0.508 e. The number of nitriles is 1. The van der Waals surface area contributed by atoms with E-state index in [2.05, 4.69) is 0 Å². The number of hydrogen-bond donors (Lipinski definition) is 2. The van der Waals surface area contributed by atoms with Gasteiger partial charge in [0, 0.05) is 18.2 Å². The van der Waals surface area contributed by atoms with Gasteiger partial charge in [0.05, 0.1) is 0 Å². The lowest BCUT2D eigenvalue weighted by atomic mass is 10.3. The van der Waals surface area contributed by atoms with Crippen LogP contribution in [0, 0.1) is 11.3 Å². The summed E-state index contributed by atoms with van der Waals surface area (Å²) in [6, 6.07) is 5.58. The summed E-state index contributed by atoms with van der Waals surface area (Å²) in [4.78, 5) is 0. The third kappa shape index (κ3) is 2.06. The number of benzene rings is 1. The molecule has 0 spiro atoms. The van der Waals surface area contributed by atoms with E-state index < -0.39 is 0 Å². The van der Waals surface area contributed by atoms with E-state index in [1.165, 1.54) is 18.2 Å². The van der Waals surface area contributed by atoms with Gasteiger partial charge in [-0.2, -0.15) is 5.26 Å². The Balaban J connectivity index is 2.80. The molecule has 0 saturated heterocycles. The van der Waals surface area contributed by atoms with Gasteiger partial charge in [-0.1, -0.05) is 0 Å². The highest BCUT2D eigenvalue weighted by Crippen LogP contribution is 2.25. The Morgan fingerprint density at radius 2 is 1.83 bits per heavy atom. The van der Waals surface area contributed by atoms with Crippen LogP contribution in [0.15, 0.2) is 18.2 Å². The van der Waals surface area contributed by atoms with E-state index in [9.17, 15) is 0 Å². The third-order valence-electron chi connectivity index (χ3n) is 1.18. The third-order valence-corrected chi connectivity index (χ3v) is 1.18. The second-order valence-electron chi connectivity index (χ2n) is 2.13. The maximum atomic E-state index is 8.97. The molecule has 0 aromatic heterocycles. The first-order chi connectivity index (χ1) is 5.72. The highest BCUT2D eigenvalue weighted by atomic mass is 16.5. The van der Waals surface area contributed by atoms with Crippen LogP contribution in [0.25, 0.3) is 0 Å². The fraction of sp³-hybridized carbons (Fsp3) is 0.125. The molecule has 0 aliphatic rings. The zero-order chi connectivity index (χ0) is 8.97. The summed E-state index contributed by atoms with van der Waals surface area (Å²) in [7, 11) is 0. The van der Waals surface area contributed by atoms with Crippen LogP contribution in [0.1, 0.15) is 0 Å². The van der Waals surface area contributed by atoms with Gasteiger partial charge in [0.25, 0.3) is 0 Å². The van der Waals surface area contributed by atoms with E-state index in [1.807, 2.05) is 0 Å². The lowest BCUT2D eigenvalue weighted by Crippen LogP contribution is -1.92. The molecule has 0 aliphatic carbocycles. The standard InChI is InChI=1S/C8H7NO3/c9-1-2-12-8-4-6(10)3-7(11)5-8/h3-5,10-11H,2H2. The largest absolute Gasteiger partial charge is 0.508 e. The van der Waals surface area contributed by atoms with Gasteiger partial charge in [-0.05, 0) is 0 Å². The van der Waals surface area contributed by atoms with Crippen molar-refractivity contribution < 1.29 is 14.9 Å². The molecule has 0 fully saturated rings. The Bertz CT molecular complexity index is 296. The Morgan fingerprint density at radius 1 is 1.25 bits per heavy atom. The summed E-state index contributed by atoms with van der Waals surface area (Å²) in [5, 5.41) is 26.1. The van der Waals surface area contributed by atoms with Crippen molar-refractivity contribution in [3.63, 3.8) is 0 Å². The second kappa shape index (κ2) is 3.49. The predicted molar refractivity (Wildman–Crippen MR) is 40.9 cm³/mol. The molecule has 4 nitrogen and oxygen atoms in total. The molecule has 1 aromatic rings. The normalized spacial score (nSPS) is 8.92. The number of rotatable bonds is 2. The molecule has 0 aliphatic heterocycles. The van der Waals surface area contributed by atoms with E-state index in [-0.39, 0.29) is 23.9 Å². The molecule has 0 radical (unpaired) electrons. The SMILES string of the molecule is N#CCOc1cc(O)cc(O)c1. The van der Waals surface area contributed by atoms with Crippen molar-refractivity contribution >= 4 is 0 Å². The summed E-state index contributed by atoms with van der Waals surface area (Å²) >= 11 is 0. The van der Waals surface area contributed by atoms with Crippen LogP contribution in [0.4, 0.5) is 0 Å². The lowest BCUT2D eigenvalue weighted by Gasteiger charge is -2.02. The van der Waals surface area contributed by atoms with Crippen molar-refractivity contribution in [2.45, 2.75) is 0 Å². The zero-order valence-electron chi connectivity index (χ0n) is 6.19. The highest BCUT2D eigenvalue weighted by Gasteiger charge is 1.98. The molecule has 0 saturated carbocycles. The number of phenols is 2. The van der Waals surface area contributed by atoms with E-state index in [0.29, 0.717) is 0 Å². The number of hydrogen-bond acceptors (Lipinski definition) is 4. The van der Waals surface area contributed by atoms with Gasteiger partial charge in [-0.3, -0.25) is 0 Å². The smallest absolute Gasteiger partial charge is 0.174 e. The molecule has 12 heavy (non-hydrogen) atoms. The van der Waals surface area contributed by atoms with Gasteiger partial charge in [-0.15, -0.1) is 0 Å². The Hall–Kier alpha value is -1.89. The van der Waals surface area contributed by atoms with Crippen LogP contribution in [-0.4, -0.2) is 16.8 Å². The summed E-state index contributed by atoms with van der Waals surface area (Å²) in [5.41, 5.74) is 0. The average molecular weight is 165 g/mol. The molecule has 62 valence electrons. The van der Waals surface area contributed by atoms with Gasteiger partial charge < -0.3 is 14.9 Å². The van der Waals surface area contributed by atoms with Crippen molar-refractivity contribution in [3.8, 4) is 23.3 Å². The number of ether oxygens (including phenoxy) is 1. The average Bonchev–Trinajstić information content (AvgIpc) is 1.99. The maximum absolute atomic E-state index is 8.97. The molecule has 1 aromatic carbocycles.